The maximum absolute atomic E-state index is 12.7. The Morgan fingerprint density at radius 2 is 1.70 bits per heavy atom. The summed E-state index contributed by atoms with van der Waals surface area (Å²) in [7, 11) is 3.03. The number of ether oxygens (including phenoxy) is 2. The van der Waals surface area contributed by atoms with Gasteiger partial charge in [0.2, 0.25) is 0 Å². The number of amides is 2. The Labute approximate surface area is 166 Å². The predicted molar refractivity (Wildman–Crippen MR) is 108 cm³/mol. The largest absolute Gasteiger partial charge is 0.496 e. The summed E-state index contributed by atoms with van der Waals surface area (Å²) in [4.78, 5) is 25.6. The van der Waals surface area contributed by atoms with Gasteiger partial charge in [-0.2, -0.15) is 5.01 Å². The summed E-state index contributed by atoms with van der Waals surface area (Å²) in [5, 5.41) is 1.07. The average Bonchev–Trinajstić information content (AvgIpc) is 2.95. The van der Waals surface area contributed by atoms with Crippen LogP contribution in [0.2, 0.25) is 0 Å². The summed E-state index contributed by atoms with van der Waals surface area (Å²) in [5.74, 6) is 0.160. The van der Waals surface area contributed by atoms with Crippen LogP contribution in [0.1, 0.15) is 15.9 Å². The Kier molecular flexibility index (Phi) is 5.78. The Balaban J connectivity index is 1.82. The van der Waals surface area contributed by atoms with E-state index in [0.717, 1.165) is 22.3 Å². The van der Waals surface area contributed by atoms with Crippen molar-refractivity contribution >= 4 is 46.2 Å². The topological polar surface area (TPSA) is 67.9 Å². The first kappa shape index (κ1) is 18.9. The van der Waals surface area contributed by atoms with Crippen LogP contribution in [0.3, 0.4) is 0 Å². The fraction of sp³-hybridized carbons (Fsp3) is 0.105. The second-order valence-corrected chi connectivity index (χ2v) is 7.08. The highest BCUT2D eigenvalue weighted by molar-refractivity contribution is 8.26. The number of methoxy groups -OCH3 is 2. The number of hydrogen-bond acceptors (Lipinski definition) is 6. The van der Waals surface area contributed by atoms with Gasteiger partial charge >= 0.3 is 0 Å². The van der Waals surface area contributed by atoms with Crippen LogP contribution < -0.4 is 14.9 Å². The van der Waals surface area contributed by atoms with E-state index in [2.05, 4.69) is 5.43 Å². The second kappa shape index (κ2) is 8.24. The third-order valence-electron chi connectivity index (χ3n) is 3.78. The van der Waals surface area contributed by atoms with Crippen molar-refractivity contribution in [1.82, 2.24) is 10.4 Å². The third-order valence-corrected chi connectivity index (χ3v) is 5.09. The monoisotopic (exact) mass is 400 g/mol. The van der Waals surface area contributed by atoms with Gasteiger partial charge < -0.3 is 9.47 Å². The fourth-order valence-electron chi connectivity index (χ4n) is 2.48. The fourth-order valence-corrected chi connectivity index (χ4v) is 3.66. The van der Waals surface area contributed by atoms with Crippen LogP contribution in [0, 0.1) is 0 Å². The number of nitrogens with one attached hydrogen (secondary N) is 1. The number of carbonyl (C=O) groups excluding carboxylic acids is 2. The second-order valence-electron chi connectivity index (χ2n) is 5.40. The lowest BCUT2D eigenvalue weighted by Crippen LogP contribution is -2.44. The molecule has 0 unspecified atom stereocenters. The highest BCUT2D eigenvalue weighted by Crippen LogP contribution is 2.33. The van der Waals surface area contributed by atoms with Crippen molar-refractivity contribution in [1.29, 1.82) is 0 Å². The number of benzene rings is 2. The molecule has 3 rings (SSSR count). The minimum absolute atomic E-state index is 0.240. The van der Waals surface area contributed by atoms with Crippen molar-refractivity contribution in [3.63, 3.8) is 0 Å². The van der Waals surface area contributed by atoms with E-state index >= 15 is 0 Å². The lowest BCUT2D eigenvalue weighted by atomic mass is 10.2. The molecule has 1 saturated heterocycles. The lowest BCUT2D eigenvalue weighted by Gasteiger charge is -2.16. The first-order valence-electron chi connectivity index (χ1n) is 7.90. The molecule has 0 aliphatic carbocycles. The van der Waals surface area contributed by atoms with E-state index in [0.29, 0.717) is 22.0 Å². The molecule has 0 bridgehead atoms. The Morgan fingerprint density at radius 1 is 1.07 bits per heavy atom. The van der Waals surface area contributed by atoms with E-state index in [1.807, 2.05) is 18.2 Å². The van der Waals surface area contributed by atoms with Gasteiger partial charge in [0.25, 0.3) is 11.8 Å². The summed E-state index contributed by atoms with van der Waals surface area (Å²) in [6.45, 7) is 0. The Bertz CT molecular complexity index is 943. The maximum atomic E-state index is 12.7. The van der Waals surface area contributed by atoms with Crippen molar-refractivity contribution < 1.29 is 19.1 Å². The molecule has 1 heterocycles. The molecule has 0 aromatic heterocycles. The van der Waals surface area contributed by atoms with Gasteiger partial charge in [-0.3, -0.25) is 15.0 Å². The molecule has 27 heavy (non-hydrogen) atoms. The van der Waals surface area contributed by atoms with Gasteiger partial charge in [-0.1, -0.05) is 42.1 Å². The Morgan fingerprint density at radius 3 is 2.41 bits per heavy atom. The number of carbonyl (C=O) groups is 2. The minimum atomic E-state index is -0.484. The molecule has 6 nitrogen and oxygen atoms in total. The molecule has 1 aliphatic rings. The van der Waals surface area contributed by atoms with Gasteiger partial charge in [0.05, 0.1) is 24.7 Å². The highest BCUT2D eigenvalue weighted by Gasteiger charge is 2.34. The van der Waals surface area contributed by atoms with Crippen molar-refractivity contribution in [2.75, 3.05) is 14.2 Å². The SMILES string of the molecule is COc1ccccc1/C=C1/SC(=S)N(NC(=O)c2ccccc2OC)C1=O. The number of rotatable bonds is 5. The van der Waals surface area contributed by atoms with Crippen molar-refractivity contribution in [2.45, 2.75) is 0 Å². The molecule has 0 atom stereocenters. The Hall–Kier alpha value is -2.84. The van der Waals surface area contributed by atoms with Crippen LogP contribution in [0.5, 0.6) is 11.5 Å². The van der Waals surface area contributed by atoms with Crippen molar-refractivity contribution in [3.8, 4) is 11.5 Å². The van der Waals surface area contributed by atoms with Gasteiger partial charge in [0, 0.05) is 5.56 Å². The van der Waals surface area contributed by atoms with Crippen molar-refractivity contribution in [2.24, 2.45) is 0 Å². The molecule has 2 amide bonds. The van der Waals surface area contributed by atoms with E-state index in [4.69, 9.17) is 21.7 Å². The molecule has 0 saturated carbocycles. The van der Waals surface area contributed by atoms with E-state index in [9.17, 15) is 9.59 Å². The summed E-state index contributed by atoms with van der Waals surface area (Å²) in [6, 6.07) is 14.1. The number of hydrazine groups is 1. The van der Waals surface area contributed by atoms with Gasteiger partial charge in [-0.25, -0.2) is 0 Å². The van der Waals surface area contributed by atoms with E-state index in [1.54, 1.807) is 43.5 Å². The average molecular weight is 400 g/mol. The number of thiocarbonyl (C=S) groups is 1. The zero-order chi connectivity index (χ0) is 19.4. The number of para-hydroxylation sites is 2. The summed E-state index contributed by atoms with van der Waals surface area (Å²) in [5.41, 5.74) is 3.60. The molecular weight excluding hydrogens is 384 g/mol. The molecular formula is C19H16N2O4S2. The van der Waals surface area contributed by atoms with Gasteiger partial charge in [-0.05, 0) is 36.5 Å². The molecule has 2 aromatic carbocycles. The normalized spacial score (nSPS) is 15.2. The van der Waals surface area contributed by atoms with Crippen LogP contribution in [-0.4, -0.2) is 35.4 Å². The number of nitrogens with zero attached hydrogens (tertiary/aromatic N) is 1. The molecule has 2 aromatic rings. The zero-order valence-electron chi connectivity index (χ0n) is 14.6. The summed E-state index contributed by atoms with van der Waals surface area (Å²) >= 11 is 6.36. The molecule has 1 aliphatic heterocycles. The molecule has 1 fully saturated rings. The van der Waals surface area contributed by atoms with E-state index < -0.39 is 11.8 Å². The highest BCUT2D eigenvalue weighted by atomic mass is 32.2. The minimum Gasteiger partial charge on any atom is -0.496 e. The number of thioether (sulfide) groups is 1. The third kappa shape index (κ3) is 3.96. The van der Waals surface area contributed by atoms with Crippen LogP contribution >= 0.6 is 24.0 Å². The quantitative estimate of drug-likeness (QED) is 0.614. The van der Waals surface area contributed by atoms with Crippen LogP contribution in [0.15, 0.2) is 53.4 Å². The summed E-state index contributed by atoms with van der Waals surface area (Å²) in [6.07, 6.45) is 1.69. The summed E-state index contributed by atoms with van der Waals surface area (Å²) < 4.78 is 10.7. The first-order valence-corrected chi connectivity index (χ1v) is 9.12. The predicted octanol–water partition coefficient (Wildman–Crippen LogP) is 3.25. The first-order chi connectivity index (χ1) is 13.0. The lowest BCUT2D eigenvalue weighted by molar-refractivity contribution is -0.123. The van der Waals surface area contributed by atoms with E-state index in [-0.39, 0.29) is 4.32 Å². The van der Waals surface area contributed by atoms with Crippen molar-refractivity contribution in [3.05, 3.63) is 64.6 Å². The molecule has 1 N–H and O–H groups in total. The van der Waals surface area contributed by atoms with Crippen LogP contribution in [-0.2, 0) is 4.79 Å². The van der Waals surface area contributed by atoms with Gasteiger partial charge in [-0.15, -0.1) is 0 Å². The van der Waals surface area contributed by atoms with Crippen LogP contribution in [0.4, 0.5) is 0 Å². The maximum Gasteiger partial charge on any atom is 0.285 e. The van der Waals surface area contributed by atoms with E-state index in [1.165, 1.54) is 7.11 Å². The standard InChI is InChI=1S/C19H16N2O4S2/c1-24-14-9-5-3-7-12(14)11-16-18(23)21(19(26)27-16)20-17(22)13-8-4-6-10-15(13)25-2/h3-11H,1-2H3,(H,20,22)/b16-11+. The van der Waals surface area contributed by atoms with Crippen LogP contribution in [0.25, 0.3) is 6.08 Å². The smallest absolute Gasteiger partial charge is 0.285 e. The molecule has 8 heteroatoms. The molecule has 0 radical (unpaired) electrons. The number of hydrogen-bond donors (Lipinski definition) is 1. The zero-order valence-corrected chi connectivity index (χ0v) is 16.2. The van der Waals surface area contributed by atoms with Gasteiger partial charge in [0.15, 0.2) is 4.32 Å². The molecule has 138 valence electrons. The molecule has 0 spiro atoms. The van der Waals surface area contributed by atoms with Gasteiger partial charge in [0.1, 0.15) is 11.5 Å².